The SMILES string of the molecule is C/C=C1\NC(=O)[C@H]([C@@H](C)O)NC(=O)[C@H](CCCN)NC(=O)[C@@H](CO)NC(=O)CNC(=O)[C@@H](CCN)NC(=O)[C@@H](NC(=O)CCCCCCCCCCCCC)COC(=O)[C@H]([C@@H](C)O)NC(=O)[C@H](CC(=O)O)NC1=O. The molecule has 1 aliphatic rings. The molecule has 0 aliphatic carbocycles. The van der Waals surface area contributed by atoms with Crippen LogP contribution in [0.3, 0.4) is 0 Å². The van der Waals surface area contributed by atoms with Crippen molar-refractivity contribution in [1.82, 2.24) is 47.9 Å². The number of carboxylic acids is 1. The van der Waals surface area contributed by atoms with E-state index in [1.807, 2.05) is 0 Å². The lowest BCUT2D eigenvalue weighted by atomic mass is 10.1. The van der Waals surface area contributed by atoms with Crippen molar-refractivity contribution in [3.63, 3.8) is 0 Å². The first kappa shape index (κ1) is 65.7. The fourth-order valence-electron chi connectivity index (χ4n) is 7.34. The maximum absolute atomic E-state index is 13.8. The maximum Gasteiger partial charge on any atom is 0.331 e. The van der Waals surface area contributed by atoms with Crippen LogP contribution < -0.4 is 59.3 Å². The second kappa shape index (κ2) is 36.6. The lowest BCUT2D eigenvalue weighted by molar-refractivity contribution is -0.153. The van der Waals surface area contributed by atoms with E-state index < -0.39 is 151 Å². The summed E-state index contributed by atoms with van der Waals surface area (Å²) in [4.78, 5) is 146. The topological polar surface area (TPSA) is 438 Å². The van der Waals surface area contributed by atoms with Crippen molar-refractivity contribution in [2.75, 3.05) is 32.8 Å². The minimum atomic E-state index is -2.00. The Balaban J connectivity index is 3.64. The first-order chi connectivity index (χ1) is 35.1. The number of esters is 1. The summed E-state index contributed by atoms with van der Waals surface area (Å²) in [5, 5.41) is 61.2. The molecule has 1 rings (SSSR count). The molecule has 0 radical (unpaired) electrons. The van der Waals surface area contributed by atoms with Crippen molar-refractivity contribution in [3.8, 4) is 0 Å². The smallest absolute Gasteiger partial charge is 0.331 e. The van der Waals surface area contributed by atoms with Crippen LogP contribution in [-0.2, 0) is 57.5 Å². The Morgan fingerprint density at radius 3 is 1.74 bits per heavy atom. The van der Waals surface area contributed by atoms with Crippen LogP contribution >= 0.6 is 0 Å². The molecule has 420 valence electrons. The molecule has 0 aromatic rings. The van der Waals surface area contributed by atoms with Crippen molar-refractivity contribution in [2.45, 2.75) is 185 Å². The highest BCUT2D eigenvalue weighted by molar-refractivity contribution is 6.03. The molecule has 0 unspecified atom stereocenters. The van der Waals surface area contributed by atoms with Gasteiger partial charge >= 0.3 is 11.9 Å². The number of carbonyl (C=O) groups is 11. The van der Waals surface area contributed by atoms with E-state index in [4.69, 9.17) is 16.2 Å². The van der Waals surface area contributed by atoms with Crippen LogP contribution in [0.15, 0.2) is 11.8 Å². The first-order valence-electron chi connectivity index (χ1n) is 25.3. The fourth-order valence-corrected chi connectivity index (χ4v) is 7.34. The number of nitrogens with two attached hydrogens (primary N) is 2. The Morgan fingerprint density at radius 1 is 0.662 bits per heavy atom. The van der Waals surface area contributed by atoms with Crippen LogP contribution in [0.2, 0.25) is 0 Å². The number of aliphatic hydroxyl groups excluding tert-OH is 3. The number of aliphatic hydroxyl groups is 3. The molecule has 17 N–H and O–H groups in total. The van der Waals surface area contributed by atoms with Gasteiger partial charge in [0.15, 0.2) is 6.04 Å². The number of nitrogens with one attached hydrogen (secondary N) is 9. The molecule has 27 heteroatoms. The Hall–Kier alpha value is -6.29. The number of carboxylic acid groups (broad SMARTS) is 1. The minimum absolute atomic E-state index is 0.0185. The van der Waals surface area contributed by atoms with Crippen molar-refractivity contribution in [3.05, 3.63) is 11.8 Å². The maximum atomic E-state index is 13.8. The number of cyclic esters (lactones) is 1. The largest absolute Gasteiger partial charge is 0.481 e. The number of allylic oxidation sites excluding steroid dienone is 1. The number of rotatable bonds is 23. The van der Waals surface area contributed by atoms with Crippen molar-refractivity contribution >= 4 is 65.1 Å². The number of hydrogen-bond acceptors (Lipinski definition) is 17. The average Bonchev–Trinajstić information content (AvgIpc) is 3.35. The van der Waals surface area contributed by atoms with Gasteiger partial charge in [0.25, 0.3) is 5.91 Å². The van der Waals surface area contributed by atoms with Crippen LogP contribution in [0.25, 0.3) is 0 Å². The molecule has 9 amide bonds. The molecule has 0 saturated carbocycles. The predicted molar refractivity (Wildman–Crippen MR) is 265 cm³/mol. The van der Waals surface area contributed by atoms with Gasteiger partial charge in [0.2, 0.25) is 47.3 Å². The average molecular weight is 1060 g/mol. The van der Waals surface area contributed by atoms with Gasteiger partial charge in [-0.2, -0.15) is 0 Å². The number of ether oxygens (including phenoxy) is 1. The van der Waals surface area contributed by atoms with E-state index in [2.05, 4.69) is 54.8 Å². The van der Waals surface area contributed by atoms with Gasteiger partial charge in [0.1, 0.15) is 48.6 Å². The van der Waals surface area contributed by atoms with E-state index in [1.54, 1.807) is 0 Å². The standard InChI is InChI=1S/C47H81N11O16/c1-5-7-8-9-10-11-12-13-14-15-16-19-35(62)52-34-26-74-47(73)39(28(4)61)58-43(69)32(23-37(64)65)56-41(67)29(6-2)53-46(72)38(27(3)60)57-42(68)30(18-17-21-48)54-44(70)33(25-59)51-36(63)24-50-40(66)31(20-22-49)55-45(34)71/h6,27-28,30-34,38-39,59-61H,5,7-26,48-49H2,1-4H3,(H,50,66)(H,51,63)(H,52,62)(H,53,72)(H,54,70)(H,55,71)(H,56,67)(H,57,68)(H,58,69)(H,64,65)/b29-6-/t27-,28-,30+,31-,32+,33-,34+,38+,39+/m1/s1. The molecule has 9 atom stereocenters. The van der Waals surface area contributed by atoms with Crippen LogP contribution in [0.5, 0.6) is 0 Å². The van der Waals surface area contributed by atoms with E-state index in [0.29, 0.717) is 12.8 Å². The van der Waals surface area contributed by atoms with Crippen molar-refractivity contribution in [1.29, 1.82) is 0 Å². The van der Waals surface area contributed by atoms with Gasteiger partial charge in [-0.1, -0.05) is 77.2 Å². The van der Waals surface area contributed by atoms with Crippen LogP contribution in [0.1, 0.15) is 130 Å². The molecule has 0 aromatic heterocycles. The fraction of sp³-hybridized carbons (Fsp3) is 0.723. The quantitative estimate of drug-likeness (QED) is 0.0264. The van der Waals surface area contributed by atoms with Gasteiger partial charge in [0, 0.05) is 6.42 Å². The summed E-state index contributed by atoms with van der Waals surface area (Å²) in [7, 11) is 0. The third kappa shape index (κ3) is 25.6. The second-order valence-corrected chi connectivity index (χ2v) is 18.0. The Morgan fingerprint density at radius 2 is 1.20 bits per heavy atom. The minimum Gasteiger partial charge on any atom is -0.481 e. The molecule has 0 bridgehead atoms. The second-order valence-electron chi connectivity index (χ2n) is 18.0. The van der Waals surface area contributed by atoms with E-state index in [-0.39, 0.29) is 38.8 Å². The van der Waals surface area contributed by atoms with Crippen LogP contribution in [-0.4, -0.2) is 173 Å². The highest BCUT2D eigenvalue weighted by Crippen LogP contribution is 2.13. The highest BCUT2D eigenvalue weighted by Gasteiger charge is 2.36. The molecular weight excluding hydrogens is 975 g/mol. The molecule has 1 heterocycles. The summed E-state index contributed by atoms with van der Waals surface area (Å²) in [6.45, 7) is 2.61. The number of unbranched alkanes of at least 4 members (excludes halogenated alkanes) is 10. The Bertz CT molecular complexity index is 1900. The lowest BCUT2D eigenvalue weighted by Gasteiger charge is -2.27. The zero-order valence-corrected chi connectivity index (χ0v) is 43.0. The Labute approximate surface area is 431 Å². The monoisotopic (exact) mass is 1060 g/mol. The highest BCUT2D eigenvalue weighted by atomic mass is 16.5. The van der Waals surface area contributed by atoms with E-state index in [1.165, 1.54) is 32.6 Å². The summed E-state index contributed by atoms with van der Waals surface area (Å²) in [5.41, 5.74) is 10.7. The molecular formula is C47H81N11O16. The first-order valence-corrected chi connectivity index (χ1v) is 25.3. The number of amides is 9. The van der Waals surface area contributed by atoms with E-state index >= 15 is 0 Å². The normalized spacial score (nSPS) is 24.2. The number of aliphatic carboxylic acids is 1. The van der Waals surface area contributed by atoms with Gasteiger partial charge in [-0.25, -0.2) is 4.79 Å². The molecule has 0 aromatic carbocycles. The molecule has 1 aliphatic heterocycles. The molecule has 0 spiro atoms. The molecule has 1 fully saturated rings. The number of hydrogen-bond donors (Lipinski definition) is 15. The zero-order chi connectivity index (χ0) is 55.8. The summed E-state index contributed by atoms with van der Waals surface area (Å²) in [5.74, 6) is -12.7. The molecule has 27 nitrogen and oxygen atoms in total. The van der Waals surface area contributed by atoms with Crippen molar-refractivity contribution < 1.29 is 77.9 Å². The third-order valence-corrected chi connectivity index (χ3v) is 11.6. The van der Waals surface area contributed by atoms with Crippen LogP contribution in [0.4, 0.5) is 0 Å². The van der Waals surface area contributed by atoms with Crippen LogP contribution in [0, 0.1) is 0 Å². The van der Waals surface area contributed by atoms with Gasteiger partial charge in [0.05, 0.1) is 31.8 Å². The van der Waals surface area contributed by atoms with Gasteiger partial charge in [-0.3, -0.25) is 47.9 Å². The lowest BCUT2D eigenvalue weighted by Crippen LogP contribution is -2.60. The van der Waals surface area contributed by atoms with Gasteiger partial charge in [-0.15, -0.1) is 0 Å². The zero-order valence-electron chi connectivity index (χ0n) is 43.0. The molecule has 74 heavy (non-hydrogen) atoms. The van der Waals surface area contributed by atoms with Gasteiger partial charge in [-0.05, 0) is 59.5 Å². The van der Waals surface area contributed by atoms with E-state index in [9.17, 15) is 73.2 Å². The summed E-state index contributed by atoms with van der Waals surface area (Å²) in [6, 6.07) is -12.2. The van der Waals surface area contributed by atoms with Gasteiger partial charge < -0.3 is 84.5 Å². The third-order valence-electron chi connectivity index (χ3n) is 11.6. The molecule has 1 saturated heterocycles. The Kier molecular flexibility index (Phi) is 32.5. The summed E-state index contributed by atoms with van der Waals surface area (Å²) >= 11 is 0. The number of carbonyl (C=O) groups excluding carboxylic acids is 10. The summed E-state index contributed by atoms with van der Waals surface area (Å²) in [6.07, 6.45) is 7.24. The van der Waals surface area contributed by atoms with Crippen molar-refractivity contribution in [2.24, 2.45) is 11.5 Å². The summed E-state index contributed by atoms with van der Waals surface area (Å²) < 4.78 is 5.31. The van der Waals surface area contributed by atoms with E-state index in [0.717, 1.165) is 52.0 Å². The predicted octanol–water partition coefficient (Wildman–Crippen LogP) is -3.91.